The van der Waals surface area contributed by atoms with Gasteiger partial charge in [-0.3, -0.25) is 0 Å². The van der Waals surface area contributed by atoms with E-state index in [2.05, 4.69) is 53.8 Å². The van der Waals surface area contributed by atoms with Gasteiger partial charge in [0, 0.05) is 12.6 Å². The van der Waals surface area contributed by atoms with E-state index < -0.39 is 0 Å². The summed E-state index contributed by atoms with van der Waals surface area (Å²) in [5, 5.41) is 3.97. The van der Waals surface area contributed by atoms with Crippen molar-refractivity contribution in [3.63, 3.8) is 0 Å². The zero-order chi connectivity index (χ0) is 13.8. The van der Waals surface area contributed by atoms with Gasteiger partial charge in [-0.2, -0.15) is 0 Å². The van der Waals surface area contributed by atoms with E-state index in [4.69, 9.17) is 0 Å². The molecule has 0 heterocycles. The second-order valence-electron chi connectivity index (χ2n) is 8.87. The smallest absolute Gasteiger partial charge is 0.0175 e. The molecule has 2 saturated carbocycles. The predicted octanol–water partition coefficient (Wildman–Crippen LogP) is 4.47. The summed E-state index contributed by atoms with van der Waals surface area (Å²) in [4.78, 5) is 0. The molecule has 3 unspecified atom stereocenters. The molecule has 0 aromatic carbocycles. The third kappa shape index (κ3) is 2.13. The predicted molar refractivity (Wildman–Crippen MR) is 79.6 cm³/mol. The Hall–Kier alpha value is -0.0400. The molecule has 0 saturated heterocycles. The van der Waals surface area contributed by atoms with Gasteiger partial charge in [-0.15, -0.1) is 0 Å². The molecule has 2 fully saturated rings. The van der Waals surface area contributed by atoms with Crippen LogP contribution in [-0.2, 0) is 0 Å². The zero-order valence-corrected chi connectivity index (χ0v) is 13.6. The number of fused-ring (bicyclic) bond motifs is 2. The maximum atomic E-state index is 3.97. The highest BCUT2D eigenvalue weighted by Crippen LogP contribution is 2.62. The molecule has 1 heteroatoms. The summed E-state index contributed by atoms with van der Waals surface area (Å²) in [6, 6.07) is 0.710. The van der Waals surface area contributed by atoms with Gasteiger partial charge in [0.2, 0.25) is 0 Å². The van der Waals surface area contributed by atoms with Crippen LogP contribution in [0.5, 0.6) is 0 Å². The normalized spacial score (nSPS) is 38.7. The Bertz CT molecular complexity index is 311. The summed E-state index contributed by atoms with van der Waals surface area (Å²) in [5.74, 6) is 1.68. The molecule has 106 valence electrons. The van der Waals surface area contributed by atoms with E-state index in [1.165, 1.54) is 19.3 Å². The summed E-state index contributed by atoms with van der Waals surface area (Å²) in [7, 11) is 0. The lowest BCUT2D eigenvalue weighted by Gasteiger charge is -2.45. The van der Waals surface area contributed by atoms with Gasteiger partial charge in [0.05, 0.1) is 0 Å². The minimum Gasteiger partial charge on any atom is -0.312 e. The summed E-state index contributed by atoms with van der Waals surface area (Å²) in [6.07, 6.45) is 4.33. The van der Waals surface area contributed by atoms with E-state index >= 15 is 0 Å². The fraction of sp³-hybridized carbons (Fsp3) is 1.00. The SMILES string of the molecule is CC(C)C(C)(C)CNC1C2(C)CCC(C2)C1(C)C. The average molecular weight is 251 g/mol. The van der Waals surface area contributed by atoms with Gasteiger partial charge in [0.1, 0.15) is 0 Å². The summed E-state index contributed by atoms with van der Waals surface area (Å²) >= 11 is 0. The highest BCUT2D eigenvalue weighted by molar-refractivity contribution is 5.12. The second-order valence-corrected chi connectivity index (χ2v) is 8.87. The number of rotatable bonds is 4. The molecule has 0 aliphatic heterocycles. The molecule has 0 radical (unpaired) electrons. The van der Waals surface area contributed by atoms with Gasteiger partial charge < -0.3 is 5.32 Å². The van der Waals surface area contributed by atoms with Crippen molar-refractivity contribution in [2.75, 3.05) is 6.54 Å². The van der Waals surface area contributed by atoms with Gasteiger partial charge >= 0.3 is 0 Å². The summed E-state index contributed by atoms with van der Waals surface area (Å²) < 4.78 is 0. The number of hydrogen-bond acceptors (Lipinski definition) is 1. The standard InChI is InChI=1S/C17H33N/c1-12(2)15(3,4)11-18-14-16(5,6)13-8-9-17(14,7)10-13/h12-14,18H,8-11H2,1-7H3. The zero-order valence-electron chi connectivity index (χ0n) is 13.6. The molecule has 2 bridgehead atoms. The monoisotopic (exact) mass is 251 g/mol. The maximum Gasteiger partial charge on any atom is 0.0175 e. The lowest BCUT2D eigenvalue weighted by molar-refractivity contribution is 0.0914. The van der Waals surface area contributed by atoms with Crippen LogP contribution in [0.25, 0.3) is 0 Å². The van der Waals surface area contributed by atoms with Crippen molar-refractivity contribution < 1.29 is 0 Å². The highest BCUT2D eigenvalue weighted by Gasteiger charge is 2.59. The molecule has 2 aliphatic rings. The van der Waals surface area contributed by atoms with Crippen LogP contribution in [0, 0.1) is 28.1 Å². The first-order valence-electron chi connectivity index (χ1n) is 7.83. The third-order valence-corrected chi connectivity index (χ3v) is 6.59. The van der Waals surface area contributed by atoms with Crippen molar-refractivity contribution in [2.24, 2.45) is 28.1 Å². The van der Waals surface area contributed by atoms with Crippen molar-refractivity contribution in [3.05, 3.63) is 0 Å². The van der Waals surface area contributed by atoms with Crippen molar-refractivity contribution in [1.29, 1.82) is 0 Å². The van der Waals surface area contributed by atoms with Crippen molar-refractivity contribution in [1.82, 2.24) is 5.32 Å². The average Bonchev–Trinajstić information content (AvgIpc) is 2.68. The minimum absolute atomic E-state index is 0.397. The van der Waals surface area contributed by atoms with Gasteiger partial charge in [0.25, 0.3) is 0 Å². The summed E-state index contributed by atoms with van der Waals surface area (Å²) in [5.41, 5.74) is 1.44. The van der Waals surface area contributed by atoms with E-state index in [0.717, 1.165) is 18.4 Å². The van der Waals surface area contributed by atoms with Crippen molar-refractivity contribution in [3.8, 4) is 0 Å². The molecule has 0 spiro atoms. The van der Waals surface area contributed by atoms with Crippen molar-refractivity contribution in [2.45, 2.75) is 73.8 Å². The van der Waals surface area contributed by atoms with Gasteiger partial charge in [-0.05, 0) is 47.3 Å². The van der Waals surface area contributed by atoms with E-state index in [9.17, 15) is 0 Å². The lowest BCUT2D eigenvalue weighted by Crippen LogP contribution is -2.53. The molecule has 3 atom stereocenters. The van der Waals surface area contributed by atoms with Crippen LogP contribution in [0.15, 0.2) is 0 Å². The number of nitrogens with one attached hydrogen (secondary N) is 1. The van der Waals surface area contributed by atoms with E-state index in [0.29, 0.717) is 22.3 Å². The minimum atomic E-state index is 0.397. The van der Waals surface area contributed by atoms with E-state index in [1.54, 1.807) is 0 Å². The topological polar surface area (TPSA) is 12.0 Å². The molecule has 0 aromatic rings. The Morgan fingerprint density at radius 1 is 1.22 bits per heavy atom. The maximum absolute atomic E-state index is 3.97. The first-order valence-corrected chi connectivity index (χ1v) is 7.83. The molecule has 0 aromatic heterocycles. The second kappa shape index (κ2) is 4.23. The molecule has 1 nitrogen and oxygen atoms in total. The van der Waals surface area contributed by atoms with Crippen LogP contribution in [0.4, 0.5) is 0 Å². The Morgan fingerprint density at radius 2 is 1.83 bits per heavy atom. The first-order chi connectivity index (χ1) is 8.09. The van der Waals surface area contributed by atoms with Crippen LogP contribution in [0.2, 0.25) is 0 Å². The molecular formula is C17H33N. The van der Waals surface area contributed by atoms with Crippen LogP contribution in [0.1, 0.15) is 67.7 Å². The molecule has 1 N–H and O–H groups in total. The lowest BCUT2D eigenvalue weighted by atomic mass is 9.68. The van der Waals surface area contributed by atoms with Gasteiger partial charge in [-0.25, -0.2) is 0 Å². The van der Waals surface area contributed by atoms with Gasteiger partial charge in [0.15, 0.2) is 0 Å². The molecule has 2 aliphatic carbocycles. The number of hydrogen-bond donors (Lipinski definition) is 1. The Kier molecular flexibility index (Phi) is 3.38. The fourth-order valence-corrected chi connectivity index (χ4v) is 4.38. The van der Waals surface area contributed by atoms with Crippen LogP contribution < -0.4 is 5.32 Å². The molecular weight excluding hydrogens is 218 g/mol. The van der Waals surface area contributed by atoms with Crippen LogP contribution >= 0.6 is 0 Å². The Balaban J connectivity index is 2.06. The Morgan fingerprint density at radius 3 is 2.28 bits per heavy atom. The Labute approximate surface area is 114 Å². The fourth-order valence-electron chi connectivity index (χ4n) is 4.38. The molecule has 18 heavy (non-hydrogen) atoms. The molecule has 0 amide bonds. The first kappa shape index (κ1) is 14.4. The summed E-state index contributed by atoms with van der Waals surface area (Å²) in [6.45, 7) is 18.1. The van der Waals surface area contributed by atoms with E-state index in [1.807, 2.05) is 0 Å². The largest absolute Gasteiger partial charge is 0.312 e. The van der Waals surface area contributed by atoms with E-state index in [-0.39, 0.29) is 0 Å². The quantitative estimate of drug-likeness (QED) is 0.777. The van der Waals surface area contributed by atoms with Crippen LogP contribution in [0.3, 0.4) is 0 Å². The van der Waals surface area contributed by atoms with Crippen molar-refractivity contribution >= 4 is 0 Å². The van der Waals surface area contributed by atoms with Gasteiger partial charge in [-0.1, -0.05) is 48.5 Å². The highest BCUT2D eigenvalue weighted by atomic mass is 15.0. The molecule has 2 rings (SSSR count). The van der Waals surface area contributed by atoms with Crippen LogP contribution in [-0.4, -0.2) is 12.6 Å². The third-order valence-electron chi connectivity index (χ3n) is 6.59.